The van der Waals surface area contributed by atoms with E-state index in [-0.39, 0.29) is 18.1 Å². The lowest BCUT2D eigenvalue weighted by Gasteiger charge is -2.47. The Morgan fingerprint density at radius 2 is 2.00 bits per heavy atom. The lowest BCUT2D eigenvalue weighted by molar-refractivity contribution is -0.149. The van der Waals surface area contributed by atoms with Crippen LogP contribution in [0.1, 0.15) is 13.8 Å². The number of carbonyl (C=O) groups excluding carboxylic acids is 1. The maximum atomic E-state index is 12.1. The predicted molar refractivity (Wildman–Crippen MR) is 77.1 cm³/mol. The summed E-state index contributed by atoms with van der Waals surface area (Å²) in [5.41, 5.74) is 6.76. The van der Waals surface area contributed by atoms with Crippen LogP contribution in [0, 0.1) is 0 Å². The predicted octanol–water partition coefficient (Wildman–Crippen LogP) is 0.889. The van der Waals surface area contributed by atoms with Gasteiger partial charge >= 0.3 is 0 Å². The smallest absolute Gasteiger partial charge is 0.246 e. The number of nitrogens with two attached hydrogens (primary N) is 1. The quantitative estimate of drug-likeness (QED) is 0.838. The summed E-state index contributed by atoms with van der Waals surface area (Å²) in [5, 5.41) is 0. The molecule has 3 rings (SSSR count). The highest BCUT2D eigenvalue weighted by molar-refractivity contribution is 6.05. The third-order valence-corrected chi connectivity index (χ3v) is 3.95. The molecule has 6 heteroatoms. The normalized spacial score (nSPS) is 31.1. The van der Waals surface area contributed by atoms with E-state index in [0.29, 0.717) is 6.61 Å². The van der Waals surface area contributed by atoms with E-state index in [0.717, 1.165) is 11.4 Å². The molecule has 0 spiro atoms. The molecule has 1 aromatic rings. The zero-order valence-corrected chi connectivity index (χ0v) is 12.4. The number of carbonyl (C=O) groups is 1. The third-order valence-electron chi connectivity index (χ3n) is 3.95. The lowest BCUT2D eigenvalue weighted by atomic mass is 9.90. The summed E-state index contributed by atoms with van der Waals surface area (Å²) in [6, 6.07) is 6.58. The van der Waals surface area contributed by atoms with Crippen LogP contribution in [0.5, 0.6) is 5.75 Å². The average molecular weight is 292 g/mol. The molecular formula is C15H20N2O4. The molecule has 6 nitrogen and oxygen atoms in total. The number of anilines is 1. The first-order valence-corrected chi connectivity index (χ1v) is 6.97. The largest absolute Gasteiger partial charge is 0.497 e. The number of β-lactam (4-membered cyclic amide) rings is 1. The first-order chi connectivity index (χ1) is 9.93. The summed E-state index contributed by atoms with van der Waals surface area (Å²) in [7, 11) is 1.61. The van der Waals surface area contributed by atoms with Crippen molar-refractivity contribution in [1.82, 2.24) is 0 Å². The Labute approximate surface area is 123 Å². The van der Waals surface area contributed by atoms with Crippen molar-refractivity contribution in [1.29, 1.82) is 0 Å². The fourth-order valence-electron chi connectivity index (χ4n) is 2.86. The second kappa shape index (κ2) is 4.98. The van der Waals surface area contributed by atoms with Crippen molar-refractivity contribution in [3.63, 3.8) is 0 Å². The molecule has 0 aliphatic carbocycles. The van der Waals surface area contributed by atoms with Gasteiger partial charge < -0.3 is 24.8 Å². The van der Waals surface area contributed by atoms with Crippen molar-refractivity contribution in [2.24, 2.45) is 5.73 Å². The number of hydrogen-bond donors (Lipinski definition) is 1. The molecule has 2 saturated heterocycles. The van der Waals surface area contributed by atoms with Gasteiger partial charge in [0.05, 0.1) is 19.8 Å². The minimum absolute atomic E-state index is 0.0986. The van der Waals surface area contributed by atoms with Gasteiger partial charge in [-0.15, -0.1) is 0 Å². The molecule has 2 aliphatic heterocycles. The van der Waals surface area contributed by atoms with Crippen LogP contribution in [0.2, 0.25) is 0 Å². The van der Waals surface area contributed by atoms with Crippen LogP contribution in [-0.2, 0) is 14.3 Å². The number of benzene rings is 1. The van der Waals surface area contributed by atoms with Crippen LogP contribution in [-0.4, -0.2) is 43.6 Å². The fraction of sp³-hybridized carbons (Fsp3) is 0.533. The van der Waals surface area contributed by atoms with Crippen molar-refractivity contribution >= 4 is 11.6 Å². The minimum Gasteiger partial charge on any atom is -0.497 e. The Morgan fingerprint density at radius 1 is 1.33 bits per heavy atom. The summed E-state index contributed by atoms with van der Waals surface area (Å²) in [6.07, 6.45) is -0.213. The van der Waals surface area contributed by atoms with Crippen molar-refractivity contribution in [2.45, 2.75) is 37.8 Å². The van der Waals surface area contributed by atoms with Gasteiger partial charge in [0.25, 0.3) is 0 Å². The van der Waals surface area contributed by atoms with Crippen LogP contribution in [0.25, 0.3) is 0 Å². The molecule has 0 radical (unpaired) electrons. The van der Waals surface area contributed by atoms with Gasteiger partial charge in [-0.1, -0.05) is 0 Å². The van der Waals surface area contributed by atoms with E-state index < -0.39 is 11.8 Å². The van der Waals surface area contributed by atoms with E-state index in [1.165, 1.54) is 0 Å². The number of hydrogen-bond acceptors (Lipinski definition) is 5. The van der Waals surface area contributed by atoms with E-state index in [1.54, 1.807) is 12.0 Å². The van der Waals surface area contributed by atoms with Gasteiger partial charge in [0.1, 0.15) is 17.9 Å². The summed E-state index contributed by atoms with van der Waals surface area (Å²) in [4.78, 5) is 13.8. The average Bonchev–Trinajstić information content (AvgIpc) is 2.83. The molecule has 1 aromatic carbocycles. The van der Waals surface area contributed by atoms with Crippen LogP contribution < -0.4 is 15.4 Å². The number of methoxy groups -OCH3 is 1. The SMILES string of the molecule is COc1ccc(N2C(=O)[C@@H](N)[C@H]2C2COC(C)(C)O2)cc1. The molecule has 1 unspecified atom stereocenters. The molecular weight excluding hydrogens is 272 g/mol. The molecule has 2 fully saturated rings. The minimum atomic E-state index is -0.630. The molecule has 0 saturated carbocycles. The first-order valence-electron chi connectivity index (χ1n) is 6.97. The highest BCUT2D eigenvalue weighted by Crippen LogP contribution is 2.35. The Kier molecular flexibility index (Phi) is 3.39. The van der Waals surface area contributed by atoms with Crippen molar-refractivity contribution < 1.29 is 19.0 Å². The number of ether oxygens (including phenoxy) is 3. The number of nitrogens with zero attached hydrogens (tertiary/aromatic N) is 1. The van der Waals surface area contributed by atoms with Gasteiger partial charge in [-0.3, -0.25) is 4.79 Å². The van der Waals surface area contributed by atoms with Gasteiger partial charge in [0, 0.05) is 5.69 Å². The molecule has 0 bridgehead atoms. The van der Waals surface area contributed by atoms with E-state index in [1.807, 2.05) is 38.1 Å². The Hall–Kier alpha value is -1.63. The topological polar surface area (TPSA) is 74.0 Å². The lowest BCUT2D eigenvalue weighted by Crippen LogP contribution is -2.73. The van der Waals surface area contributed by atoms with E-state index >= 15 is 0 Å². The summed E-state index contributed by atoms with van der Waals surface area (Å²) < 4.78 is 16.6. The molecule has 114 valence electrons. The Balaban J connectivity index is 1.81. The molecule has 3 atom stereocenters. The standard InChI is InChI=1S/C15H20N2O4/c1-15(2)20-8-11(21-15)13-12(16)14(18)17(13)9-4-6-10(19-3)7-5-9/h4-7,11-13H,8,16H2,1-3H3/t11?,12-,13+/m0/s1. The second-order valence-corrected chi connectivity index (χ2v) is 5.79. The number of amides is 1. The van der Waals surface area contributed by atoms with Gasteiger partial charge in [-0.05, 0) is 38.1 Å². The second-order valence-electron chi connectivity index (χ2n) is 5.79. The van der Waals surface area contributed by atoms with Gasteiger partial charge in [0.15, 0.2) is 5.79 Å². The first kappa shape index (κ1) is 14.3. The zero-order valence-electron chi connectivity index (χ0n) is 12.4. The monoisotopic (exact) mass is 292 g/mol. The summed E-state index contributed by atoms with van der Waals surface area (Å²) >= 11 is 0. The Morgan fingerprint density at radius 3 is 2.52 bits per heavy atom. The highest BCUT2D eigenvalue weighted by atomic mass is 16.7. The summed E-state index contributed by atoms with van der Waals surface area (Å²) in [6.45, 7) is 4.15. The molecule has 21 heavy (non-hydrogen) atoms. The van der Waals surface area contributed by atoms with Crippen molar-refractivity contribution in [3.05, 3.63) is 24.3 Å². The van der Waals surface area contributed by atoms with Gasteiger partial charge in [-0.25, -0.2) is 0 Å². The molecule has 1 amide bonds. The van der Waals surface area contributed by atoms with E-state index in [4.69, 9.17) is 19.9 Å². The van der Waals surface area contributed by atoms with Crippen molar-refractivity contribution in [2.75, 3.05) is 18.6 Å². The maximum Gasteiger partial charge on any atom is 0.246 e. The van der Waals surface area contributed by atoms with E-state index in [9.17, 15) is 4.79 Å². The maximum absolute atomic E-state index is 12.1. The van der Waals surface area contributed by atoms with Crippen LogP contribution >= 0.6 is 0 Å². The number of rotatable bonds is 3. The molecule has 2 N–H and O–H groups in total. The highest BCUT2D eigenvalue weighted by Gasteiger charge is 2.53. The van der Waals surface area contributed by atoms with Gasteiger partial charge in [-0.2, -0.15) is 0 Å². The van der Waals surface area contributed by atoms with Crippen LogP contribution in [0.15, 0.2) is 24.3 Å². The van der Waals surface area contributed by atoms with E-state index in [2.05, 4.69) is 0 Å². The summed E-state index contributed by atoms with van der Waals surface area (Å²) in [5.74, 6) is 0.0156. The zero-order chi connectivity index (χ0) is 15.2. The fourth-order valence-corrected chi connectivity index (χ4v) is 2.86. The van der Waals surface area contributed by atoms with Crippen molar-refractivity contribution in [3.8, 4) is 5.75 Å². The Bertz CT molecular complexity index is 543. The van der Waals surface area contributed by atoms with Crippen LogP contribution in [0.4, 0.5) is 5.69 Å². The molecule has 0 aromatic heterocycles. The molecule has 2 heterocycles. The third kappa shape index (κ3) is 2.39. The van der Waals surface area contributed by atoms with Gasteiger partial charge in [0.2, 0.25) is 5.91 Å². The molecule has 2 aliphatic rings. The van der Waals surface area contributed by atoms with Crippen LogP contribution in [0.3, 0.4) is 0 Å².